The average Bonchev–Trinajstić information content (AvgIpc) is 3.08. The number of rotatable bonds is 7. The van der Waals surface area contributed by atoms with E-state index in [-0.39, 0.29) is 24.8 Å². The molecule has 0 aliphatic carbocycles. The van der Waals surface area contributed by atoms with Crippen LogP contribution in [0.3, 0.4) is 0 Å². The van der Waals surface area contributed by atoms with Crippen LogP contribution in [0.2, 0.25) is 0 Å². The van der Waals surface area contributed by atoms with Crippen molar-refractivity contribution >= 4 is 23.5 Å². The second-order valence-electron chi connectivity index (χ2n) is 7.17. The summed E-state index contributed by atoms with van der Waals surface area (Å²) in [5.41, 5.74) is 3.79. The van der Waals surface area contributed by atoms with Gasteiger partial charge in [-0.25, -0.2) is 4.79 Å². The lowest BCUT2D eigenvalue weighted by atomic mass is 10.1. The minimum atomic E-state index is -1.05. The van der Waals surface area contributed by atoms with Crippen LogP contribution in [-0.2, 0) is 20.9 Å². The van der Waals surface area contributed by atoms with Gasteiger partial charge in [-0.2, -0.15) is 0 Å². The van der Waals surface area contributed by atoms with Crippen LogP contribution in [0.5, 0.6) is 5.75 Å². The van der Waals surface area contributed by atoms with Gasteiger partial charge >= 0.3 is 5.97 Å². The molecule has 1 aliphatic heterocycles. The van der Waals surface area contributed by atoms with Crippen molar-refractivity contribution in [2.24, 2.45) is 5.92 Å². The second-order valence-corrected chi connectivity index (χ2v) is 7.17. The lowest BCUT2D eigenvalue weighted by Gasteiger charge is -2.20. The van der Waals surface area contributed by atoms with Gasteiger partial charge in [0.15, 0.2) is 6.61 Å². The summed E-state index contributed by atoms with van der Waals surface area (Å²) >= 11 is 0. The van der Waals surface area contributed by atoms with Crippen LogP contribution >= 0.6 is 0 Å². The SMILES string of the molecule is Cc1cccc(N2CC(C(=O)NCc3cccc(OCC(=O)O)c3)CC2=O)c1C. The highest BCUT2D eigenvalue weighted by Gasteiger charge is 2.35. The van der Waals surface area contributed by atoms with Crippen LogP contribution in [-0.4, -0.2) is 36.0 Å². The molecule has 0 radical (unpaired) electrons. The van der Waals surface area contributed by atoms with E-state index >= 15 is 0 Å². The van der Waals surface area contributed by atoms with E-state index in [9.17, 15) is 14.4 Å². The van der Waals surface area contributed by atoms with Crippen molar-refractivity contribution in [1.82, 2.24) is 5.32 Å². The van der Waals surface area contributed by atoms with Gasteiger partial charge in [0, 0.05) is 25.2 Å². The van der Waals surface area contributed by atoms with E-state index in [1.807, 2.05) is 38.1 Å². The molecule has 0 bridgehead atoms. The predicted octanol–water partition coefficient (Wildman–Crippen LogP) is 2.44. The number of aliphatic carboxylic acids is 1. The summed E-state index contributed by atoms with van der Waals surface area (Å²) in [4.78, 5) is 37.4. The molecule has 2 N–H and O–H groups in total. The number of carbonyl (C=O) groups excluding carboxylic acids is 2. The number of hydrogen-bond donors (Lipinski definition) is 2. The fourth-order valence-corrected chi connectivity index (χ4v) is 3.37. The van der Waals surface area contributed by atoms with Gasteiger partial charge in [0.25, 0.3) is 0 Å². The third kappa shape index (κ3) is 4.93. The number of ether oxygens (including phenoxy) is 1. The van der Waals surface area contributed by atoms with Crippen molar-refractivity contribution in [2.75, 3.05) is 18.1 Å². The van der Waals surface area contributed by atoms with E-state index in [1.54, 1.807) is 23.1 Å². The molecule has 29 heavy (non-hydrogen) atoms. The average molecular weight is 396 g/mol. The van der Waals surface area contributed by atoms with E-state index in [1.165, 1.54) is 0 Å². The summed E-state index contributed by atoms with van der Waals surface area (Å²) in [6.45, 7) is 4.19. The third-order valence-corrected chi connectivity index (χ3v) is 5.09. The van der Waals surface area contributed by atoms with Crippen molar-refractivity contribution < 1.29 is 24.2 Å². The Balaban J connectivity index is 1.59. The fraction of sp³-hybridized carbons (Fsp3) is 0.318. The molecule has 3 rings (SSSR count). The van der Waals surface area contributed by atoms with E-state index in [0.717, 1.165) is 22.4 Å². The number of carboxylic acids is 1. The number of carboxylic acid groups (broad SMARTS) is 1. The van der Waals surface area contributed by atoms with Crippen LogP contribution in [0.15, 0.2) is 42.5 Å². The maximum absolute atomic E-state index is 12.6. The molecule has 0 spiro atoms. The number of nitrogens with zero attached hydrogens (tertiary/aromatic N) is 1. The van der Waals surface area contributed by atoms with Gasteiger partial charge in [-0.15, -0.1) is 0 Å². The highest BCUT2D eigenvalue weighted by atomic mass is 16.5. The zero-order valence-corrected chi connectivity index (χ0v) is 16.5. The number of carbonyl (C=O) groups is 3. The van der Waals surface area contributed by atoms with Crippen molar-refractivity contribution in [3.05, 3.63) is 59.2 Å². The summed E-state index contributed by atoms with van der Waals surface area (Å²) < 4.78 is 5.15. The molecular weight excluding hydrogens is 372 g/mol. The molecule has 152 valence electrons. The fourth-order valence-electron chi connectivity index (χ4n) is 3.37. The Kier molecular flexibility index (Phi) is 6.16. The summed E-state index contributed by atoms with van der Waals surface area (Å²) in [6.07, 6.45) is 0.182. The molecule has 0 aromatic heterocycles. The Bertz CT molecular complexity index is 941. The van der Waals surface area contributed by atoms with Crippen molar-refractivity contribution in [3.8, 4) is 5.75 Å². The number of aryl methyl sites for hydroxylation is 1. The van der Waals surface area contributed by atoms with Crippen molar-refractivity contribution in [2.45, 2.75) is 26.8 Å². The summed E-state index contributed by atoms with van der Waals surface area (Å²) in [6, 6.07) is 12.7. The zero-order valence-electron chi connectivity index (χ0n) is 16.5. The standard InChI is InChI=1S/C22H24N2O5/c1-14-5-3-8-19(15(14)2)24-12-17(10-20(24)25)22(28)23-11-16-6-4-7-18(9-16)29-13-21(26)27/h3-9,17H,10-13H2,1-2H3,(H,23,28)(H,26,27). The van der Waals surface area contributed by atoms with Gasteiger partial charge in [-0.05, 0) is 48.7 Å². The first-order valence-electron chi connectivity index (χ1n) is 9.43. The Morgan fingerprint density at radius 1 is 1.21 bits per heavy atom. The van der Waals surface area contributed by atoms with E-state index in [0.29, 0.717) is 12.3 Å². The zero-order chi connectivity index (χ0) is 21.0. The minimum Gasteiger partial charge on any atom is -0.482 e. The Morgan fingerprint density at radius 3 is 2.72 bits per heavy atom. The molecule has 7 heteroatoms. The van der Waals surface area contributed by atoms with Crippen LogP contribution < -0.4 is 15.0 Å². The summed E-state index contributed by atoms with van der Waals surface area (Å²) in [5.74, 6) is -1.26. The molecule has 0 saturated carbocycles. The lowest BCUT2D eigenvalue weighted by Crippen LogP contribution is -2.32. The minimum absolute atomic E-state index is 0.0529. The topological polar surface area (TPSA) is 95.9 Å². The Hall–Kier alpha value is -3.35. The molecule has 1 aliphatic rings. The molecule has 1 unspecified atom stereocenters. The third-order valence-electron chi connectivity index (χ3n) is 5.09. The molecule has 2 amide bonds. The molecule has 1 saturated heterocycles. The Morgan fingerprint density at radius 2 is 1.97 bits per heavy atom. The van der Waals surface area contributed by atoms with Gasteiger partial charge in [-0.1, -0.05) is 24.3 Å². The molecule has 7 nitrogen and oxygen atoms in total. The summed E-state index contributed by atoms with van der Waals surface area (Å²) in [5, 5.41) is 11.5. The van der Waals surface area contributed by atoms with Gasteiger partial charge in [0.05, 0.1) is 5.92 Å². The van der Waals surface area contributed by atoms with Gasteiger partial charge in [-0.3, -0.25) is 9.59 Å². The molecule has 1 atom stereocenters. The highest BCUT2D eigenvalue weighted by molar-refractivity contribution is 6.00. The molecular formula is C22H24N2O5. The van der Waals surface area contributed by atoms with Crippen LogP contribution in [0.1, 0.15) is 23.1 Å². The maximum atomic E-state index is 12.6. The largest absolute Gasteiger partial charge is 0.482 e. The highest BCUT2D eigenvalue weighted by Crippen LogP contribution is 2.29. The van der Waals surface area contributed by atoms with Gasteiger partial charge in [0.2, 0.25) is 11.8 Å². The molecule has 2 aromatic carbocycles. The first kappa shape index (κ1) is 20.4. The number of nitrogens with one attached hydrogen (secondary N) is 1. The first-order chi connectivity index (χ1) is 13.8. The van der Waals surface area contributed by atoms with Crippen LogP contribution in [0.4, 0.5) is 5.69 Å². The number of benzene rings is 2. The van der Waals surface area contributed by atoms with Gasteiger partial charge in [0.1, 0.15) is 5.75 Å². The molecule has 1 fully saturated rings. The number of anilines is 1. The van der Waals surface area contributed by atoms with Crippen LogP contribution in [0, 0.1) is 19.8 Å². The van der Waals surface area contributed by atoms with Crippen molar-refractivity contribution in [3.63, 3.8) is 0 Å². The normalized spacial score (nSPS) is 16.0. The smallest absolute Gasteiger partial charge is 0.341 e. The summed E-state index contributed by atoms with van der Waals surface area (Å²) in [7, 11) is 0. The molecule has 1 heterocycles. The van der Waals surface area contributed by atoms with E-state index in [2.05, 4.69) is 5.32 Å². The van der Waals surface area contributed by atoms with Gasteiger partial charge < -0.3 is 20.1 Å². The molecule has 2 aromatic rings. The number of amides is 2. The number of hydrogen-bond acceptors (Lipinski definition) is 4. The first-order valence-corrected chi connectivity index (χ1v) is 9.43. The monoisotopic (exact) mass is 396 g/mol. The quantitative estimate of drug-likeness (QED) is 0.749. The van der Waals surface area contributed by atoms with E-state index in [4.69, 9.17) is 9.84 Å². The maximum Gasteiger partial charge on any atom is 0.341 e. The Labute approximate surface area is 169 Å². The predicted molar refractivity (Wildman–Crippen MR) is 108 cm³/mol. The lowest BCUT2D eigenvalue weighted by molar-refractivity contribution is -0.139. The van der Waals surface area contributed by atoms with Crippen molar-refractivity contribution in [1.29, 1.82) is 0 Å². The van der Waals surface area contributed by atoms with Crippen LogP contribution in [0.25, 0.3) is 0 Å². The van der Waals surface area contributed by atoms with E-state index < -0.39 is 18.5 Å². The second kappa shape index (κ2) is 8.77.